The Kier molecular flexibility index (Phi) is 3.49. The highest BCUT2D eigenvalue weighted by Crippen LogP contribution is 2.43. The summed E-state index contributed by atoms with van der Waals surface area (Å²) < 4.78 is 5.54. The van der Waals surface area contributed by atoms with Crippen molar-refractivity contribution in [1.82, 2.24) is 4.90 Å². The Balaban J connectivity index is 2.12. The van der Waals surface area contributed by atoms with Crippen molar-refractivity contribution in [2.24, 2.45) is 11.8 Å². The van der Waals surface area contributed by atoms with E-state index in [4.69, 9.17) is 4.74 Å². The molecule has 0 unspecified atom stereocenters. The van der Waals surface area contributed by atoms with E-state index < -0.39 is 23.7 Å². The van der Waals surface area contributed by atoms with E-state index in [0.717, 1.165) is 19.3 Å². The zero-order chi connectivity index (χ0) is 14.4. The third-order valence-corrected chi connectivity index (χ3v) is 4.79. The molecule has 3 atom stereocenters. The van der Waals surface area contributed by atoms with E-state index in [9.17, 15) is 14.7 Å². The lowest BCUT2D eigenvalue weighted by Gasteiger charge is -2.36. The molecule has 1 heterocycles. The van der Waals surface area contributed by atoms with Gasteiger partial charge in [-0.15, -0.1) is 0 Å². The van der Waals surface area contributed by atoms with Crippen molar-refractivity contribution < 1.29 is 19.4 Å². The van der Waals surface area contributed by atoms with Crippen LogP contribution in [0.4, 0.5) is 4.79 Å². The van der Waals surface area contributed by atoms with E-state index in [-0.39, 0.29) is 17.9 Å². The first-order valence-corrected chi connectivity index (χ1v) is 6.98. The first-order chi connectivity index (χ1) is 8.74. The third-order valence-electron chi connectivity index (χ3n) is 4.79. The van der Waals surface area contributed by atoms with Crippen LogP contribution in [-0.4, -0.2) is 39.8 Å². The summed E-state index contributed by atoms with van der Waals surface area (Å²) in [6, 6.07) is -0.657. The van der Waals surface area contributed by atoms with Gasteiger partial charge in [0.15, 0.2) is 0 Å². The van der Waals surface area contributed by atoms with Crippen molar-refractivity contribution in [3.05, 3.63) is 0 Å². The molecular formula is C14H23NO4. The van der Waals surface area contributed by atoms with Crippen molar-refractivity contribution in [3.8, 4) is 0 Å². The smallest absolute Gasteiger partial charge is 0.411 e. The molecule has 1 amide bonds. The van der Waals surface area contributed by atoms with Crippen molar-refractivity contribution in [3.63, 3.8) is 0 Å². The van der Waals surface area contributed by atoms with Crippen LogP contribution in [0.15, 0.2) is 0 Å². The number of carboxylic acid groups (broad SMARTS) is 1. The summed E-state index contributed by atoms with van der Waals surface area (Å²) in [5.41, 5.74) is -0.581. The molecule has 1 aliphatic heterocycles. The Hall–Kier alpha value is -1.26. The molecule has 0 aromatic carbocycles. The van der Waals surface area contributed by atoms with E-state index in [1.54, 1.807) is 0 Å². The molecule has 1 saturated carbocycles. The van der Waals surface area contributed by atoms with Crippen molar-refractivity contribution in [1.29, 1.82) is 0 Å². The number of carbonyl (C=O) groups excluding carboxylic acids is 1. The lowest BCUT2D eigenvalue weighted by atomic mass is 9.95. The minimum absolute atomic E-state index is 0.0431. The topological polar surface area (TPSA) is 66.8 Å². The summed E-state index contributed by atoms with van der Waals surface area (Å²) in [5, 5.41) is 9.31. The third kappa shape index (κ3) is 2.42. The molecule has 5 heteroatoms. The highest BCUT2D eigenvalue weighted by Gasteiger charge is 2.52. The van der Waals surface area contributed by atoms with Crippen LogP contribution in [-0.2, 0) is 9.53 Å². The zero-order valence-corrected chi connectivity index (χ0v) is 12.0. The van der Waals surface area contributed by atoms with Crippen LogP contribution in [0, 0.1) is 11.8 Å². The van der Waals surface area contributed by atoms with Gasteiger partial charge in [-0.25, -0.2) is 9.59 Å². The number of aliphatic carboxylic acids is 1. The van der Waals surface area contributed by atoms with Gasteiger partial charge in [0.25, 0.3) is 0 Å². The summed E-state index contributed by atoms with van der Waals surface area (Å²) in [5.74, 6) is -0.636. The van der Waals surface area contributed by atoms with Crippen LogP contribution in [0.25, 0.3) is 0 Å². The quantitative estimate of drug-likeness (QED) is 0.854. The minimum Gasteiger partial charge on any atom is -0.480 e. The van der Waals surface area contributed by atoms with Gasteiger partial charge in [0.05, 0.1) is 0 Å². The van der Waals surface area contributed by atoms with Crippen LogP contribution in [0.1, 0.15) is 47.0 Å². The Morgan fingerprint density at radius 1 is 1.32 bits per heavy atom. The number of amides is 1. The largest absolute Gasteiger partial charge is 0.480 e. The molecule has 108 valence electrons. The number of hydrogen-bond donors (Lipinski definition) is 1. The molecule has 2 rings (SSSR count). The van der Waals surface area contributed by atoms with E-state index in [1.165, 1.54) is 4.90 Å². The number of likely N-dealkylation sites (tertiary alicyclic amines) is 1. The molecule has 1 saturated heterocycles. The van der Waals surface area contributed by atoms with Crippen LogP contribution >= 0.6 is 0 Å². The van der Waals surface area contributed by atoms with Gasteiger partial charge < -0.3 is 9.84 Å². The van der Waals surface area contributed by atoms with Crippen molar-refractivity contribution in [2.75, 3.05) is 0 Å². The molecule has 5 nitrogen and oxygen atoms in total. The van der Waals surface area contributed by atoms with Gasteiger partial charge in [0.1, 0.15) is 11.6 Å². The van der Waals surface area contributed by atoms with E-state index in [0.29, 0.717) is 0 Å². The first kappa shape index (κ1) is 14.2. The predicted octanol–water partition coefficient (Wildman–Crippen LogP) is 2.50. The van der Waals surface area contributed by atoms with Crippen LogP contribution in [0.5, 0.6) is 0 Å². The van der Waals surface area contributed by atoms with Crippen molar-refractivity contribution in [2.45, 2.75) is 64.6 Å². The lowest BCUT2D eigenvalue weighted by Crippen LogP contribution is -2.51. The number of hydrogen-bond acceptors (Lipinski definition) is 3. The number of fused-ring (bicyclic) bond motifs is 2. The normalized spacial score (nSPS) is 29.9. The highest BCUT2D eigenvalue weighted by molar-refractivity contribution is 5.82. The number of rotatable bonds is 3. The maximum atomic E-state index is 12.3. The Labute approximate surface area is 113 Å². The van der Waals surface area contributed by atoms with Gasteiger partial charge in [0, 0.05) is 6.04 Å². The molecule has 19 heavy (non-hydrogen) atoms. The maximum Gasteiger partial charge on any atom is 0.411 e. The standard InChI is InChI=1S/C14H23NO4/c1-8(2)14(3,4)19-13(18)15-10-6-5-9(7-10)11(15)12(16)17/h8-11H,5-7H2,1-4H3,(H,16,17)/t9-,10+,11-/m0/s1. The monoisotopic (exact) mass is 269 g/mol. The molecule has 0 aromatic rings. The summed E-state index contributed by atoms with van der Waals surface area (Å²) in [6.07, 6.45) is 2.12. The zero-order valence-electron chi connectivity index (χ0n) is 12.0. The molecular weight excluding hydrogens is 246 g/mol. The fraction of sp³-hybridized carbons (Fsp3) is 0.857. The van der Waals surface area contributed by atoms with Gasteiger partial charge >= 0.3 is 12.1 Å². The Bertz CT molecular complexity index is 391. The summed E-state index contributed by atoms with van der Waals surface area (Å²) in [4.78, 5) is 25.1. The average Bonchev–Trinajstić information content (AvgIpc) is 2.86. The highest BCUT2D eigenvalue weighted by atomic mass is 16.6. The molecule has 2 fully saturated rings. The fourth-order valence-corrected chi connectivity index (χ4v) is 2.96. The SMILES string of the molecule is CC(C)C(C)(C)OC(=O)N1[C@@H]2CC[C@@H](C2)[C@H]1C(=O)O. The summed E-state index contributed by atoms with van der Waals surface area (Å²) >= 11 is 0. The van der Waals surface area contributed by atoms with Gasteiger partial charge in [-0.1, -0.05) is 13.8 Å². The van der Waals surface area contributed by atoms with Crippen LogP contribution in [0.3, 0.4) is 0 Å². The number of ether oxygens (including phenoxy) is 1. The number of nitrogens with zero attached hydrogens (tertiary/aromatic N) is 1. The maximum absolute atomic E-state index is 12.3. The van der Waals surface area contributed by atoms with Crippen LogP contribution in [0.2, 0.25) is 0 Å². The fourth-order valence-electron chi connectivity index (χ4n) is 2.96. The van der Waals surface area contributed by atoms with Gasteiger partial charge in [-0.3, -0.25) is 4.90 Å². The van der Waals surface area contributed by atoms with E-state index in [1.807, 2.05) is 27.7 Å². The van der Waals surface area contributed by atoms with Crippen LogP contribution < -0.4 is 0 Å². The number of piperidine rings is 1. The first-order valence-electron chi connectivity index (χ1n) is 6.98. The average molecular weight is 269 g/mol. The second-order valence-electron chi connectivity index (χ2n) is 6.54. The second kappa shape index (κ2) is 4.69. The van der Waals surface area contributed by atoms with Crippen molar-refractivity contribution >= 4 is 12.1 Å². The lowest BCUT2D eigenvalue weighted by molar-refractivity contribution is -0.145. The van der Waals surface area contributed by atoms with E-state index in [2.05, 4.69) is 0 Å². The van der Waals surface area contributed by atoms with Gasteiger partial charge in [-0.05, 0) is 44.9 Å². The predicted molar refractivity (Wildman–Crippen MR) is 69.8 cm³/mol. The molecule has 0 spiro atoms. The molecule has 0 aromatic heterocycles. The molecule has 0 radical (unpaired) electrons. The number of carbonyl (C=O) groups is 2. The molecule has 2 bridgehead atoms. The van der Waals surface area contributed by atoms with E-state index >= 15 is 0 Å². The Morgan fingerprint density at radius 3 is 2.47 bits per heavy atom. The second-order valence-corrected chi connectivity index (χ2v) is 6.54. The summed E-state index contributed by atoms with van der Waals surface area (Å²) in [6.45, 7) is 7.69. The summed E-state index contributed by atoms with van der Waals surface area (Å²) in [7, 11) is 0. The Morgan fingerprint density at radius 2 is 1.95 bits per heavy atom. The molecule has 1 aliphatic carbocycles. The molecule has 1 N–H and O–H groups in total. The minimum atomic E-state index is -0.911. The van der Waals surface area contributed by atoms with Gasteiger partial charge in [-0.2, -0.15) is 0 Å². The van der Waals surface area contributed by atoms with Gasteiger partial charge in [0.2, 0.25) is 0 Å². The molecule has 2 aliphatic rings. The number of carboxylic acids is 1.